The summed E-state index contributed by atoms with van der Waals surface area (Å²) in [5, 5.41) is 9.02. The highest BCUT2D eigenvalue weighted by atomic mass is 17.2. The Bertz CT molecular complexity index is 226. The van der Waals surface area contributed by atoms with Crippen molar-refractivity contribution in [3.05, 3.63) is 12.7 Å². The summed E-state index contributed by atoms with van der Waals surface area (Å²) in [4.78, 5) is 20.3. The van der Waals surface area contributed by atoms with E-state index in [1.165, 1.54) is 7.11 Å². The van der Waals surface area contributed by atoms with Gasteiger partial charge in [0.1, 0.15) is 11.5 Å². The maximum atomic E-state index is 11.0. The fraction of sp³-hybridized carbons (Fsp3) is 0.667. The predicted molar refractivity (Wildman–Crippen MR) is 45.9 cm³/mol. The number of carboxylic acid groups (broad SMARTS) is 1. The van der Waals surface area contributed by atoms with Crippen molar-refractivity contribution >= 4 is 5.97 Å². The Balaban J connectivity index is 2.71. The van der Waals surface area contributed by atoms with E-state index in [9.17, 15) is 4.79 Å². The lowest BCUT2D eigenvalue weighted by atomic mass is 9.97. The average Bonchev–Trinajstić information content (AvgIpc) is 2.79. The normalized spacial score (nSPS) is 33.8. The van der Waals surface area contributed by atoms with Crippen LogP contribution in [0.4, 0.5) is 0 Å². The maximum Gasteiger partial charge on any atom is 0.313 e. The van der Waals surface area contributed by atoms with Gasteiger partial charge in [0.05, 0.1) is 7.11 Å². The first kappa shape index (κ1) is 10.2. The second-order valence-electron chi connectivity index (χ2n) is 3.30. The van der Waals surface area contributed by atoms with Crippen molar-refractivity contribution in [2.24, 2.45) is 11.3 Å². The number of carbonyl (C=O) groups is 1. The van der Waals surface area contributed by atoms with E-state index in [1.807, 2.05) is 0 Å². The largest absolute Gasteiger partial charge is 0.481 e. The predicted octanol–water partition coefficient (Wildman–Crippen LogP) is 1.23. The number of allylic oxidation sites excluding steroid dienone is 1. The van der Waals surface area contributed by atoms with Gasteiger partial charge in [-0.3, -0.25) is 4.79 Å². The van der Waals surface area contributed by atoms with Gasteiger partial charge in [-0.05, 0) is 19.3 Å². The van der Waals surface area contributed by atoms with Crippen LogP contribution in [0.15, 0.2) is 12.7 Å². The highest BCUT2D eigenvalue weighted by molar-refractivity contribution is 5.80. The standard InChI is InChI=1S/C9H14O4/c1-4-7-5-9(7,8(10)11)6(2)13-12-3/h4,6-7H,1,5H2,2-3H3,(H,10,11). The van der Waals surface area contributed by atoms with Gasteiger partial charge in [0.25, 0.3) is 0 Å². The van der Waals surface area contributed by atoms with E-state index in [-0.39, 0.29) is 5.92 Å². The molecule has 0 heterocycles. The molecule has 0 radical (unpaired) electrons. The zero-order valence-electron chi connectivity index (χ0n) is 7.82. The molecule has 1 aliphatic rings. The van der Waals surface area contributed by atoms with Gasteiger partial charge in [0.15, 0.2) is 0 Å². The molecule has 0 spiro atoms. The maximum absolute atomic E-state index is 11.0. The lowest BCUT2D eigenvalue weighted by Crippen LogP contribution is -2.31. The molecular weight excluding hydrogens is 172 g/mol. The molecular formula is C9H14O4. The van der Waals surface area contributed by atoms with E-state index in [0.29, 0.717) is 6.42 Å². The Morgan fingerprint density at radius 3 is 2.77 bits per heavy atom. The van der Waals surface area contributed by atoms with Gasteiger partial charge in [-0.25, -0.2) is 9.78 Å². The average molecular weight is 186 g/mol. The molecule has 1 N–H and O–H groups in total. The number of carboxylic acids is 1. The third-order valence-corrected chi connectivity index (χ3v) is 2.71. The van der Waals surface area contributed by atoms with E-state index >= 15 is 0 Å². The molecule has 0 aliphatic heterocycles. The Kier molecular flexibility index (Phi) is 2.73. The minimum atomic E-state index is -0.845. The van der Waals surface area contributed by atoms with Crippen molar-refractivity contribution in [2.75, 3.05) is 7.11 Å². The Morgan fingerprint density at radius 1 is 1.85 bits per heavy atom. The molecule has 3 atom stereocenters. The first-order valence-corrected chi connectivity index (χ1v) is 4.15. The van der Waals surface area contributed by atoms with Gasteiger partial charge >= 0.3 is 5.97 Å². The van der Waals surface area contributed by atoms with Gasteiger partial charge in [-0.15, -0.1) is 6.58 Å². The molecule has 0 saturated heterocycles. The molecule has 1 saturated carbocycles. The van der Waals surface area contributed by atoms with Crippen LogP contribution < -0.4 is 0 Å². The molecule has 74 valence electrons. The van der Waals surface area contributed by atoms with E-state index in [2.05, 4.69) is 11.5 Å². The topological polar surface area (TPSA) is 55.8 Å². The fourth-order valence-electron chi connectivity index (χ4n) is 1.72. The van der Waals surface area contributed by atoms with E-state index in [0.717, 1.165) is 0 Å². The summed E-state index contributed by atoms with van der Waals surface area (Å²) in [6.45, 7) is 5.28. The molecule has 1 aliphatic carbocycles. The zero-order valence-corrected chi connectivity index (χ0v) is 7.82. The first-order chi connectivity index (χ1) is 6.09. The number of aliphatic carboxylic acids is 1. The molecule has 0 aromatic heterocycles. The Hall–Kier alpha value is -0.870. The van der Waals surface area contributed by atoms with Crippen molar-refractivity contribution in [3.63, 3.8) is 0 Å². The van der Waals surface area contributed by atoms with Crippen LogP contribution in [0.1, 0.15) is 13.3 Å². The molecule has 0 bridgehead atoms. The fourth-order valence-corrected chi connectivity index (χ4v) is 1.72. The monoisotopic (exact) mass is 186 g/mol. The van der Waals surface area contributed by atoms with Gasteiger partial charge in [-0.2, -0.15) is 0 Å². The summed E-state index contributed by atoms with van der Waals surface area (Å²) < 4.78 is 0. The van der Waals surface area contributed by atoms with E-state index in [1.54, 1.807) is 13.0 Å². The third kappa shape index (κ3) is 1.47. The number of hydrogen-bond donors (Lipinski definition) is 1. The summed E-state index contributed by atoms with van der Waals surface area (Å²) in [7, 11) is 1.37. The second kappa shape index (κ2) is 3.47. The summed E-state index contributed by atoms with van der Waals surface area (Å²) in [5.74, 6) is -0.850. The van der Waals surface area contributed by atoms with Crippen LogP contribution in [0.5, 0.6) is 0 Å². The van der Waals surface area contributed by atoms with Crippen LogP contribution in [0.2, 0.25) is 0 Å². The third-order valence-electron chi connectivity index (χ3n) is 2.71. The molecule has 1 rings (SSSR count). The molecule has 13 heavy (non-hydrogen) atoms. The van der Waals surface area contributed by atoms with E-state index < -0.39 is 17.5 Å². The quantitative estimate of drug-likeness (QED) is 0.398. The van der Waals surface area contributed by atoms with Gasteiger partial charge in [-0.1, -0.05) is 6.08 Å². The van der Waals surface area contributed by atoms with Crippen LogP contribution in [0.25, 0.3) is 0 Å². The van der Waals surface area contributed by atoms with Crippen LogP contribution >= 0.6 is 0 Å². The summed E-state index contributed by atoms with van der Waals surface area (Å²) in [6, 6.07) is 0. The number of hydrogen-bond acceptors (Lipinski definition) is 3. The summed E-state index contributed by atoms with van der Waals surface area (Å²) >= 11 is 0. The van der Waals surface area contributed by atoms with Gasteiger partial charge in [0.2, 0.25) is 0 Å². The number of rotatable bonds is 5. The van der Waals surface area contributed by atoms with Crippen molar-refractivity contribution in [2.45, 2.75) is 19.4 Å². The minimum absolute atomic E-state index is 0.00449. The SMILES string of the molecule is C=CC1CC1(C(=O)O)C(C)OOC. The summed E-state index contributed by atoms with van der Waals surface area (Å²) in [5.41, 5.74) is -0.822. The van der Waals surface area contributed by atoms with Crippen LogP contribution in [-0.4, -0.2) is 24.3 Å². The summed E-state index contributed by atoms with van der Waals surface area (Å²) in [6.07, 6.45) is 1.79. The Morgan fingerprint density at radius 2 is 2.46 bits per heavy atom. The van der Waals surface area contributed by atoms with Crippen molar-refractivity contribution in [1.29, 1.82) is 0 Å². The van der Waals surface area contributed by atoms with E-state index in [4.69, 9.17) is 9.99 Å². The molecule has 0 aromatic carbocycles. The molecule has 0 amide bonds. The van der Waals surface area contributed by atoms with Gasteiger partial charge in [0, 0.05) is 0 Å². The van der Waals surface area contributed by atoms with Crippen molar-refractivity contribution in [1.82, 2.24) is 0 Å². The molecule has 1 fully saturated rings. The highest BCUT2D eigenvalue weighted by Gasteiger charge is 2.63. The molecule has 4 heteroatoms. The van der Waals surface area contributed by atoms with Crippen LogP contribution in [-0.2, 0) is 14.6 Å². The van der Waals surface area contributed by atoms with Gasteiger partial charge < -0.3 is 5.11 Å². The highest BCUT2D eigenvalue weighted by Crippen LogP contribution is 2.56. The Labute approximate surface area is 77.1 Å². The minimum Gasteiger partial charge on any atom is -0.481 e. The first-order valence-electron chi connectivity index (χ1n) is 4.15. The lowest BCUT2D eigenvalue weighted by Gasteiger charge is -2.18. The zero-order chi connectivity index (χ0) is 10.1. The second-order valence-corrected chi connectivity index (χ2v) is 3.30. The molecule has 3 unspecified atom stereocenters. The smallest absolute Gasteiger partial charge is 0.313 e. The van der Waals surface area contributed by atoms with Crippen LogP contribution in [0.3, 0.4) is 0 Å². The lowest BCUT2D eigenvalue weighted by molar-refractivity contribution is -0.313. The van der Waals surface area contributed by atoms with Crippen molar-refractivity contribution < 1.29 is 19.7 Å². The molecule has 0 aromatic rings. The van der Waals surface area contributed by atoms with Crippen molar-refractivity contribution in [3.8, 4) is 0 Å². The van der Waals surface area contributed by atoms with Crippen LogP contribution in [0, 0.1) is 11.3 Å². The molecule has 4 nitrogen and oxygen atoms in total.